The molecule has 0 spiro atoms. The van der Waals surface area contributed by atoms with Gasteiger partial charge in [0.05, 0.1) is 0 Å². The molecule has 0 aromatic rings. The first-order valence-electron chi connectivity index (χ1n) is 5.02. The van der Waals surface area contributed by atoms with Crippen LogP contribution in [0.25, 0.3) is 0 Å². The molecule has 0 saturated carbocycles. The lowest BCUT2D eigenvalue weighted by atomic mass is 10.1. The molecule has 0 radical (unpaired) electrons. The van der Waals surface area contributed by atoms with Crippen molar-refractivity contribution in [2.45, 2.75) is 26.7 Å². The number of likely N-dealkylation sites (tertiary alicyclic amines) is 1. The highest BCUT2D eigenvalue weighted by Crippen LogP contribution is 2.17. The van der Waals surface area contributed by atoms with Crippen LogP contribution in [0.1, 0.15) is 26.7 Å². The van der Waals surface area contributed by atoms with Gasteiger partial charge < -0.3 is 10.0 Å². The molecule has 1 amide bonds. The largest absolute Gasteiger partial charge is 0.396 e. The van der Waals surface area contributed by atoms with Gasteiger partial charge in [0.1, 0.15) is 0 Å². The minimum absolute atomic E-state index is 0.143. The molecule has 1 saturated heterocycles. The van der Waals surface area contributed by atoms with Gasteiger partial charge in [0.2, 0.25) is 5.91 Å². The van der Waals surface area contributed by atoms with Gasteiger partial charge in [-0.25, -0.2) is 0 Å². The topological polar surface area (TPSA) is 40.5 Å². The van der Waals surface area contributed by atoms with Crippen molar-refractivity contribution in [3.05, 3.63) is 0 Å². The first-order valence-corrected chi connectivity index (χ1v) is 5.02. The van der Waals surface area contributed by atoms with Crippen molar-refractivity contribution in [3.63, 3.8) is 0 Å². The van der Waals surface area contributed by atoms with E-state index < -0.39 is 0 Å². The third kappa shape index (κ3) is 2.99. The second-order valence-electron chi connectivity index (χ2n) is 4.27. The van der Waals surface area contributed by atoms with Crippen LogP contribution in [0.3, 0.4) is 0 Å². The zero-order valence-corrected chi connectivity index (χ0v) is 8.49. The van der Waals surface area contributed by atoms with Gasteiger partial charge in [-0.3, -0.25) is 4.79 Å². The molecule has 13 heavy (non-hydrogen) atoms. The molecule has 1 aliphatic heterocycles. The van der Waals surface area contributed by atoms with E-state index in [0.29, 0.717) is 12.3 Å². The molecular weight excluding hydrogens is 166 g/mol. The highest BCUT2D eigenvalue weighted by atomic mass is 16.3. The van der Waals surface area contributed by atoms with E-state index >= 15 is 0 Å². The molecule has 1 atom stereocenters. The van der Waals surface area contributed by atoms with Gasteiger partial charge in [0.15, 0.2) is 0 Å². The molecule has 3 heteroatoms. The fourth-order valence-electron chi connectivity index (χ4n) is 1.61. The highest BCUT2D eigenvalue weighted by molar-refractivity contribution is 5.78. The van der Waals surface area contributed by atoms with Gasteiger partial charge >= 0.3 is 0 Å². The van der Waals surface area contributed by atoms with Crippen LogP contribution < -0.4 is 0 Å². The smallest absolute Gasteiger partial charge is 0.223 e. The van der Waals surface area contributed by atoms with E-state index in [0.717, 1.165) is 19.5 Å². The molecule has 0 aromatic carbocycles. The fourth-order valence-corrected chi connectivity index (χ4v) is 1.61. The van der Waals surface area contributed by atoms with Crippen LogP contribution >= 0.6 is 0 Å². The summed E-state index contributed by atoms with van der Waals surface area (Å²) in [5, 5.41) is 8.90. The quantitative estimate of drug-likeness (QED) is 0.706. The van der Waals surface area contributed by atoms with E-state index in [1.807, 2.05) is 4.90 Å². The molecular formula is C10H19NO2. The molecule has 1 rings (SSSR count). The number of nitrogens with zero attached hydrogens (tertiary/aromatic N) is 1. The van der Waals surface area contributed by atoms with E-state index in [2.05, 4.69) is 13.8 Å². The number of aliphatic hydroxyl groups is 1. The number of rotatable bonds is 4. The summed E-state index contributed by atoms with van der Waals surface area (Å²) in [4.78, 5) is 13.2. The summed E-state index contributed by atoms with van der Waals surface area (Å²) in [6, 6.07) is 0. The normalized spacial score (nSPS) is 23.2. The zero-order valence-electron chi connectivity index (χ0n) is 8.49. The zero-order chi connectivity index (χ0) is 9.84. The molecule has 1 N–H and O–H groups in total. The first-order chi connectivity index (χ1) is 6.13. The number of aliphatic hydroxyl groups excluding tert-OH is 1. The third-order valence-electron chi connectivity index (χ3n) is 2.53. The van der Waals surface area contributed by atoms with E-state index in [1.54, 1.807) is 0 Å². The number of hydrogen-bond donors (Lipinski definition) is 1. The van der Waals surface area contributed by atoms with Crippen LogP contribution in [-0.2, 0) is 4.79 Å². The molecule has 1 heterocycles. The second-order valence-corrected chi connectivity index (χ2v) is 4.27. The summed E-state index contributed by atoms with van der Waals surface area (Å²) >= 11 is 0. The SMILES string of the molecule is CC(C)CCN1CC(CO)CC1=O. The van der Waals surface area contributed by atoms with Crippen LogP contribution in [0, 0.1) is 11.8 Å². The third-order valence-corrected chi connectivity index (χ3v) is 2.53. The van der Waals surface area contributed by atoms with Gasteiger partial charge in [0, 0.05) is 32.0 Å². The Morgan fingerprint density at radius 2 is 2.31 bits per heavy atom. The Balaban J connectivity index is 2.31. The Kier molecular flexibility index (Phi) is 3.72. The van der Waals surface area contributed by atoms with Gasteiger partial charge in [-0.15, -0.1) is 0 Å². The van der Waals surface area contributed by atoms with E-state index in [-0.39, 0.29) is 18.4 Å². The molecule has 1 aliphatic rings. The lowest BCUT2D eigenvalue weighted by Gasteiger charge is -2.17. The van der Waals surface area contributed by atoms with Crippen LogP contribution in [0.5, 0.6) is 0 Å². The molecule has 3 nitrogen and oxygen atoms in total. The van der Waals surface area contributed by atoms with Crippen LogP contribution in [0.15, 0.2) is 0 Å². The van der Waals surface area contributed by atoms with Crippen LogP contribution in [0.4, 0.5) is 0 Å². The Hall–Kier alpha value is -0.570. The van der Waals surface area contributed by atoms with Gasteiger partial charge in [-0.1, -0.05) is 13.8 Å². The van der Waals surface area contributed by atoms with Gasteiger partial charge in [0.25, 0.3) is 0 Å². The van der Waals surface area contributed by atoms with E-state index in [1.165, 1.54) is 0 Å². The highest BCUT2D eigenvalue weighted by Gasteiger charge is 2.28. The van der Waals surface area contributed by atoms with E-state index in [4.69, 9.17) is 5.11 Å². The number of amides is 1. The summed E-state index contributed by atoms with van der Waals surface area (Å²) in [6.07, 6.45) is 1.60. The average Bonchev–Trinajstić information content (AvgIpc) is 2.43. The van der Waals surface area contributed by atoms with Gasteiger partial charge in [-0.2, -0.15) is 0 Å². The molecule has 76 valence electrons. The summed E-state index contributed by atoms with van der Waals surface area (Å²) in [6.45, 7) is 6.06. The maximum absolute atomic E-state index is 11.4. The Morgan fingerprint density at radius 1 is 1.62 bits per heavy atom. The number of hydrogen-bond acceptors (Lipinski definition) is 2. The summed E-state index contributed by atoms with van der Waals surface area (Å²) in [5.41, 5.74) is 0. The van der Waals surface area contributed by atoms with E-state index in [9.17, 15) is 4.79 Å². The first kappa shape index (κ1) is 10.5. The predicted molar refractivity (Wildman–Crippen MR) is 51.2 cm³/mol. The summed E-state index contributed by atoms with van der Waals surface area (Å²) < 4.78 is 0. The number of carbonyl (C=O) groups is 1. The van der Waals surface area contributed by atoms with Crippen molar-refractivity contribution in [1.29, 1.82) is 0 Å². The van der Waals surface area contributed by atoms with Crippen molar-refractivity contribution < 1.29 is 9.90 Å². The van der Waals surface area contributed by atoms with Crippen molar-refractivity contribution in [2.24, 2.45) is 11.8 Å². The van der Waals surface area contributed by atoms with Crippen LogP contribution in [-0.4, -0.2) is 35.6 Å². The predicted octanol–water partition coefficient (Wildman–Crippen LogP) is 0.873. The van der Waals surface area contributed by atoms with Crippen molar-refractivity contribution in [3.8, 4) is 0 Å². The summed E-state index contributed by atoms with van der Waals surface area (Å²) in [5.74, 6) is 1.03. The van der Waals surface area contributed by atoms with Crippen LogP contribution in [0.2, 0.25) is 0 Å². The lowest BCUT2D eigenvalue weighted by Crippen LogP contribution is -2.27. The summed E-state index contributed by atoms with van der Waals surface area (Å²) in [7, 11) is 0. The molecule has 0 aliphatic carbocycles. The minimum Gasteiger partial charge on any atom is -0.396 e. The Labute approximate surface area is 79.7 Å². The molecule has 0 bridgehead atoms. The molecule has 1 unspecified atom stereocenters. The second kappa shape index (κ2) is 4.61. The fraction of sp³-hybridized carbons (Fsp3) is 0.900. The average molecular weight is 185 g/mol. The Morgan fingerprint density at radius 3 is 2.77 bits per heavy atom. The maximum atomic E-state index is 11.4. The van der Waals surface area contributed by atoms with Crippen molar-refractivity contribution >= 4 is 5.91 Å². The Bertz CT molecular complexity index is 180. The maximum Gasteiger partial charge on any atom is 0.223 e. The van der Waals surface area contributed by atoms with Crippen molar-refractivity contribution in [1.82, 2.24) is 4.90 Å². The van der Waals surface area contributed by atoms with Gasteiger partial charge in [-0.05, 0) is 12.3 Å². The van der Waals surface area contributed by atoms with Crippen molar-refractivity contribution in [2.75, 3.05) is 19.7 Å². The number of carbonyl (C=O) groups excluding carboxylic acids is 1. The monoisotopic (exact) mass is 185 g/mol. The standard InChI is InChI=1S/C10H19NO2/c1-8(2)3-4-11-6-9(7-12)5-10(11)13/h8-9,12H,3-7H2,1-2H3. The molecule has 0 aromatic heterocycles. The lowest BCUT2D eigenvalue weighted by molar-refractivity contribution is -0.127. The minimum atomic E-state index is 0.143. The molecule has 1 fully saturated rings.